The van der Waals surface area contributed by atoms with Crippen molar-refractivity contribution in [1.29, 1.82) is 0 Å². The van der Waals surface area contributed by atoms with Crippen LogP contribution in [0.1, 0.15) is 31.2 Å². The Labute approximate surface area is 115 Å². The van der Waals surface area contributed by atoms with Gasteiger partial charge in [0.1, 0.15) is 11.6 Å². The number of alkyl halides is 3. The molecule has 0 atom stereocenters. The number of nitrogens with zero attached hydrogens (tertiary/aromatic N) is 1. The zero-order valence-electron chi connectivity index (χ0n) is 11.0. The number of hydrogen-bond donors (Lipinski definition) is 3. The summed E-state index contributed by atoms with van der Waals surface area (Å²) >= 11 is 0. The van der Waals surface area contributed by atoms with Crippen LogP contribution in [0.25, 0.3) is 0 Å². The van der Waals surface area contributed by atoms with Gasteiger partial charge in [0.2, 0.25) is 0 Å². The number of aromatic nitrogens is 1. The maximum absolute atomic E-state index is 12.6. The van der Waals surface area contributed by atoms with Crippen LogP contribution in [-0.4, -0.2) is 22.7 Å². The first-order valence-electron chi connectivity index (χ1n) is 6.61. The van der Waals surface area contributed by atoms with Crippen molar-refractivity contribution in [1.82, 2.24) is 4.98 Å². The molecule has 4 N–H and O–H groups in total. The third kappa shape index (κ3) is 4.00. The third-order valence-electron chi connectivity index (χ3n) is 3.56. The van der Waals surface area contributed by atoms with E-state index < -0.39 is 11.7 Å². The molecule has 2 rings (SSSR count). The molecule has 1 aromatic rings. The van der Waals surface area contributed by atoms with E-state index in [1.165, 1.54) is 0 Å². The Hall–Kier alpha value is -1.50. The summed E-state index contributed by atoms with van der Waals surface area (Å²) in [6.07, 6.45) is -1.46. The zero-order chi connectivity index (χ0) is 14.8. The van der Waals surface area contributed by atoms with Crippen LogP contribution in [0.15, 0.2) is 12.1 Å². The van der Waals surface area contributed by atoms with Crippen molar-refractivity contribution in [2.45, 2.75) is 38.0 Å². The minimum absolute atomic E-state index is 0.142. The van der Waals surface area contributed by atoms with Gasteiger partial charge >= 0.3 is 6.18 Å². The van der Waals surface area contributed by atoms with Gasteiger partial charge in [-0.3, -0.25) is 0 Å². The van der Waals surface area contributed by atoms with Gasteiger partial charge in [0, 0.05) is 6.54 Å². The molecule has 0 aliphatic heterocycles. The van der Waals surface area contributed by atoms with Gasteiger partial charge in [-0.1, -0.05) is 0 Å². The Morgan fingerprint density at radius 2 is 1.90 bits per heavy atom. The molecule has 0 aromatic carbocycles. The lowest BCUT2D eigenvalue weighted by Gasteiger charge is -2.25. The van der Waals surface area contributed by atoms with Crippen molar-refractivity contribution >= 4 is 11.6 Å². The fourth-order valence-corrected chi connectivity index (χ4v) is 2.40. The monoisotopic (exact) mass is 289 g/mol. The Morgan fingerprint density at radius 1 is 1.25 bits per heavy atom. The maximum Gasteiger partial charge on any atom is 0.416 e. The molecule has 0 saturated heterocycles. The molecule has 1 heterocycles. The molecule has 112 valence electrons. The summed E-state index contributed by atoms with van der Waals surface area (Å²) in [5.74, 6) is 0.334. The summed E-state index contributed by atoms with van der Waals surface area (Å²) in [4.78, 5) is 3.86. The fourth-order valence-electron chi connectivity index (χ4n) is 2.40. The first-order valence-corrected chi connectivity index (χ1v) is 6.61. The Bertz CT molecular complexity index is 457. The summed E-state index contributed by atoms with van der Waals surface area (Å²) in [5, 5.41) is 12.3. The summed E-state index contributed by atoms with van der Waals surface area (Å²) in [7, 11) is 0. The maximum atomic E-state index is 12.6. The molecule has 0 bridgehead atoms. The highest BCUT2D eigenvalue weighted by molar-refractivity contribution is 5.47. The highest BCUT2D eigenvalue weighted by atomic mass is 19.4. The largest absolute Gasteiger partial charge is 0.416 e. The molecule has 1 aromatic heterocycles. The van der Waals surface area contributed by atoms with Gasteiger partial charge in [-0.05, 0) is 43.7 Å². The third-order valence-corrected chi connectivity index (χ3v) is 3.56. The number of rotatable bonds is 3. The molecule has 1 saturated carbocycles. The van der Waals surface area contributed by atoms with Crippen LogP contribution in [0.4, 0.5) is 24.8 Å². The second-order valence-electron chi connectivity index (χ2n) is 5.22. The lowest BCUT2D eigenvalue weighted by atomic mass is 9.87. The van der Waals surface area contributed by atoms with Gasteiger partial charge in [0.15, 0.2) is 0 Å². The molecule has 7 heteroatoms. The first kappa shape index (κ1) is 14.9. The zero-order valence-corrected chi connectivity index (χ0v) is 11.0. The highest BCUT2D eigenvalue weighted by Gasteiger charge is 2.31. The number of anilines is 2. The van der Waals surface area contributed by atoms with E-state index >= 15 is 0 Å². The van der Waals surface area contributed by atoms with E-state index in [0.717, 1.165) is 37.8 Å². The molecule has 0 unspecified atom stereocenters. The molecular formula is C13H18F3N3O. The molecule has 0 radical (unpaired) electrons. The number of pyridine rings is 1. The lowest BCUT2D eigenvalue weighted by molar-refractivity contribution is -0.137. The van der Waals surface area contributed by atoms with E-state index in [4.69, 9.17) is 5.73 Å². The van der Waals surface area contributed by atoms with Crippen LogP contribution in [-0.2, 0) is 6.18 Å². The van der Waals surface area contributed by atoms with Crippen LogP contribution in [0, 0.1) is 5.92 Å². The van der Waals surface area contributed by atoms with E-state index in [-0.39, 0.29) is 17.7 Å². The van der Waals surface area contributed by atoms with Crippen molar-refractivity contribution in [3.05, 3.63) is 17.7 Å². The normalized spacial score (nSPS) is 23.6. The molecule has 4 nitrogen and oxygen atoms in total. The molecule has 1 fully saturated rings. The van der Waals surface area contributed by atoms with Crippen LogP contribution in [0.3, 0.4) is 0 Å². The average Bonchev–Trinajstić information content (AvgIpc) is 2.36. The number of halogens is 3. The van der Waals surface area contributed by atoms with Crippen LogP contribution in [0.2, 0.25) is 0 Å². The highest BCUT2D eigenvalue weighted by Crippen LogP contribution is 2.31. The van der Waals surface area contributed by atoms with Crippen molar-refractivity contribution < 1.29 is 18.3 Å². The summed E-state index contributed by atoms with van der Waals surface area (Å²) in [6.45, 7) is 0.542. The fraction of sp³-hybridized carbons (Fsp3) is 0.615. The summed E-state index contributed by atoms with van der Waals surface area (Å²) in [6, 6.07) is 1.79. The van der Waals surface area contributed by atoms with Gasteiger partial charge in [-0.25, -0.2) is 4.98 Å². The van der Waals surface area contributed by atoms with Crippen molar-refractivity contribution in [2.24, 2.45) is 5.92 Å². The van der Waals surface area contributed by atoms with Crippen molar-refractivity contribution in [3.8, 4) is 0 Å². The Morgan fingerprint density at radius 3 is 2.50 bits per heavy atom. The summed E-state index contributed by atoms with van der Waals surface area (Å²) < 4.78 is 37.9. The van der Waals surface area contributed by atoms with Crippen molar-refractivity contribution in [3.63, 3.8) is 0 Å². The number of aliphatic hydroxyl groups excluding tert-OH is 1. The lowest BCUT2D eigenvalue weighted by Crippen LogP contribution is -2.24. The molecule has 0 spiro atoms. The molecular weight excluding hydrogens is 271 g/mol. The van der Waals surface area contributed by atoms with Gasteiger partial charge in [0.25, 0.3) is 0 Å². The van der Waals surface area contributed by atoms with Crippen LogP contribution in [0.5, 0.6) is 0 Å². The Kier molecular flexibility index (Phi) is 4.37. The number of nitrogens with one attached hydrogen (secondary N) is 1. The topological polar surface area (TPSA) is 71.2 Å². The molecule has 1 aliphatic rings. The SMILES string of the molecule is Nc1cc(C(F)(F)F)cc(NCC2CCC(O)CC2)n1. The predicted octanol–water partition coefficient (Wildman–Crippen LogP) is 2.65. The molecule has 1 aliphatic carbocycles. The van der Waals surface area contributed by atoms with E-state index in [9.17, 15) is 18.3 Å². The minimum atomic E-state index is -4.43. The smallest absolute Gasteiger partial charge is 0.393 e. The molecule has 20 heavy (non-hydrogen) atoms. The standard InChI is InChI=1S/C13H18F3N3O/c14-13(15,16)9-5-11(17)19-12(6-9)18-7-8-1-3-10(20)4-2-8/h5-6,8,10,20H,1-4,7H2,(H3,17,18,19). The first-order chi connectivity index (χ1) is 9.34. The van der Waals surface area contributed by atoms with Crippen LogP contribution < -0.4 is 11.1 Å². The quantitative estimate of drug-likeness (QED) is 0.800. The average molecular weight is 289 g/mol. The Balaban J connectivity index is 1.97. The number of nitrogens with two attached hydrogens (primary N) is 1. The van der Waals surface area contributed by atoms with Crippen LogP contribution >= 0.6 is 0 Å². The van der Waals surface area contributed by atoms with Gasteiger partial charge in [0.05, 0.1) is 11.7 Å². The summed E-state index contributed by atoms with van der Waals surface area (Å²) in [5.41, 5.74) is 4.60. The van der Waals surface area contributed by atoms with E-state index in [0.29, 0.717) is 12.5 Å². The second kappa shape index (κ2) is 5.87. The van der Waals surface area contributed by atoms with Gasteiger partial charge in [-0.2, -0.15) is 13.2 Å². The van der Waals surface area contributed by atoms with E-state index in [1.54, 1.807) is 0 Å². The second-order valence-corrected chi connectivity index (χ2v) is 5.22. The number of hydrogen-bond acceptors (Lipinski definition) is 4. The number of nitrogen functional groups attached to an aromatic ring is 1. The number of aliphatic hydroxyl groups is 1. The van der Waals surface area contributed by atoms with Crippen molar-refractivity contribution in [2.75, 3.05) is 17.6 Å². The van der Waals surface area contributed by atoms with Gasteiger partial charge in [-0.15, -0.1) is 0 Å². The minimum Gasteiger partial charge on any atom is -0.393 e. The molecule has 0 amide bonds. The van der Waals surface area contributed by atoms with Gasteiger partial charge < -0.3 is 16.2 Å². The van der Waals surface area contributed by atoms with E-state index in [1.807, 2.05) is 0 Å². The van der Waals surface area contributed by atoms with E-state index in [2.05, 4.69) is 10.3 Å². The predicted molar refractivity (Wildman–Crippen MR) is 70.1 cm³/mol.